The minimum Gasteiger partial charge on any atom is -0.345 e. The standard InChI is InChI=1S/C15H18Cl3NO/c1-10-3-2-6-15(8-10,9-16)19-14(20)11-4-5-12(17)13(18)7-11/h4-5,7,10H,2-3,6,8-9H2,1H3,(H,19,20). The number of nitrogens with one attached hydrogen (secondary N) is 1. The average Bonchev–Trinajstić information content (AvgIpc) is 2.41. The summed E-state index contributed by atoms with van der Waals surface area (Å²) in [5.41, 5.74) is 0.213. The van der Waals surface area contributed by atoms with Crippen molar-refractivity contribution in [1.82, 2.24) is 5.32 Å². The second kappa shape index (κ2) is 6.55. The van der Waals surface area contributed by atoms with Gasteiger partial charge in [0.25, 0.3) is 5.91 Å². The smallest absolute Gasteiger partial charge is 0.251 e. The van der Waals surface area contributed by atoms with Crippen molar-refractivity contribution in [2.75, 3.05) is 5.88 Å². The number of hydrogen-bond donors (Lipinski definition) is 1. The Hall–Kier alpha value is -0.440. The van der Waals surface area contributed by atoms with Gasteiger partial charge in [-0.1, -0.05) is 43.0 Å². The van der Waals surface area contributed by atoms with Crippen molar-refractivity contribution >= 4 is 40.7 Å². The van der Waals surface area contributed by atoms with Crippen LogP contribution in [-0.4, -0.2) is 17.3 Å². The molecule has 110 valence electrons. The van der Waals surface area contributed by atoms with Gasteiger partial charge >= 0.3 is 0 Å². The molecule has 2 atom stereocenters. The van der Waals surface area contributed by atoms with E-state index in [1.807, 2.05) is 0 Å². The number of halogens is 3. The van der Waals surface area contributed by atoms with Gasteiger partial charge in [0.05, 0.1) is 15.6 Å². The van der Waals surface area contributed by atoms with Crippen LogP contribution in [0.4, 0.5) is 0 Å². The zero-order valence-electron chi connectivity index (χ0n) is 11.4. The van der Waals surface area contributed by atoms with Crippen LogP contribution in [0.3, 0.4) is 0 Å². The summed E-state index contributed by atoms with van der Waals surface area (Å²) in [6.07, 6.45) is 4.13. The van der Waals surface area contributed by atoms with Gasteiger partial charge in [0.15, 0.2) is 0 Å². The Kier molecular flexibility index (Phi) is 5.22. The number of amides is 1. The molecular weight excluding hydrogens is 317 g/mol. The van der Waals surface area contributed by atoms with E-state index in [4.69, 9.17) is 34.8 Å². The summed E-state index contributed by atoms with van der Waals surface area (Å²) in [5, 5.41) is 3.93. The number of rotatable bonds is 3. The molecule has 5 heteroatoms. The first-order valence-electron chi connectivity index (χ1n) is 6.79. The second-order valence-electron chi connectivity index (χ2n) is 5.70. The average molecular weight is 335 g/mol. The molecule has 0 saturated heterocycles. The Bertz CT molecular complexity index is 506. The lowest BCUT2D eigenvalue weighted by Crippen LogP contribution is -2.52. The van der Waals surface area contributed by atoms with Gasteiger partial charge in [0.2, 0.25) is 0 Å². The molecule has 0 radical (unpaired) electrons. The molecular formula is C15H18Cl3NO. The maximum absolute atomic E-state index is 12.4. The van der Waals surface area contributed by atoms with E-state index in [1.54, 1.807) is 18.2 Å². The fourth-order valence-corrected chi connectivity index (χ4v) is 3.49. The van der Waals surface area contributed by atoms with Crippen molar-refractivity contribution in [3.05, 3.63) is 33.8 Å². The second-order valence-corrected chi connectivity index (χ2v) is 6.78. The molecule has 1 aromatic carbocycles. The molecule has 2 unspecified atom stereocenters. The maximum atomic E-state index is 12.4. The third-order valence-corrected chi connectivity index (χ3v) is 5.16. The summed E-state index contributed by atoms with van der Waals surface area (Å²) in [7, 11) is 0. The third-order valence-electron chi connectivity index (χ3n) is 3.91. The van der Waals surface area contributed by atoms with Gasteiger partial charge in [-0.05, 0) is 37.0 Å². The number of benzene rings is 1. The van der Waals surface area contributed by atoms with Crippen LogP contribution < -0.4 is 5.32 Å². The van der Waals surface area contributed by atoms with E-state index in [1.165, 1.54) is 6.42 Å². The molecule has 2 rings (SSSR count). The first-order valence-corrected chi connectivity index (χ1v) is 8.08. The molecule has 0 heterocycles. The monoisotopic (exact) mass is 333 g/mol. The highest BCUT2D eigenvalue weighted by molar-refractivity contribution is 6.42. The van der Waals surface area contributed by atoms with Crippen LogP contribution in [0.15, 0.2) is 18.2 Å². The van der Waals surface area contributed by atoms with E-state index < -0.39 is 0 Å². The highest BCUT2D eigenvalue weighted by atomic mass is 35.5. The number of hydrogen-bond acceptors (Lipinski definition) is 1. The number of carbonyl (C=O) groups excluding carboxylic acids is 1. The highest BCUT2D eigenvalue weighted by Gasteiger charge is 2.35. The molecule has 1 aromatic rings. The van der Waals surface area contributed by atoms with Gasteiger partial charge in [-0.25, -0.2) is 0 Å². The van der Waals surface area contributed by atoms with E-state index >= 15 is 0 Å². The van der Waals surface area contributed by atoms with Crippen molar-refractivity contribution in [3.8, 4) is 0 Å². The lowest BCUT2D eigenvalue weighted by atomic mass is 9.77. The third kappa shape index (κ3) is 3.60. The molecule has 1 fully saturated rings. The van der Waals surface area contributed by atoms with Crippen molar-refractivity contribution in [2.45, 2.75) is 38.1 Å². The lowest BCUT2D eigenvalue weighted by molar-refractivity contribution is 0.0867. The summed E-state index contributed by atoms with van der Waals surface area (Å²) < 4.78 is 0. The molecule has 0 aliphatic heterocycles. The molecule has 1 aliphatic rings. The predicted molar refractivity (Wildman–Crippen MR) is 85.0 cm³/mol. The molecule has 0 spiro atoms. The number of carbonyl (C=O) groups is 1. The normalized spacial score (nSPS) is 26.3. The summed E-state index contributed by atoms with van der Waals surface area (Å²) in [4.78, 5) is 12.4. The molecule has 1 N–H and O–H groups in total. The summed E-state index contributed by atoms with van der Waals surface area (Å²) in [6, 6.07) is 4.90. The molecule has 20 heavy (non-hydrogen) atoms. The van der Waals surface area contributed by atoms with E-state index in [9.17, 15) is 4.79 Å². The zero-order valence-corrected chi connectivity index (χ0v) is 13.7. The molecule has 1 amide bonds. The molecule has 0 aromatic heterocycles. The van der Waals surface area contributed by atoms with Gasteiger partial charge in [-0.3, -0.25) is 4.79 Å². The Morgan fingerprint density at radius 3 is 2.75 bits per heavy atom. The minimum atomic E-state index is -0.303. The van der Waals surface area contributed by atoms with Crippen LogP contribution >= 0.6 is 34.8 Å². The van der Waals surface area contributed by atoms with Crippen LogP contribution in [-0.2, 0) is 0 Å². The molecule has 1 aliphatic carbocycles. The van der Waals surface area contributed by atoms with Crippen LogP contribution in [0.2, 0.25) is 10.0 Å². The maximum Gasteiger partial charge on any atom is 0.251 e. The first kappa shape index (κ1) is 15.9. The topological polar surface area (TPSA) is 29.1 Å². The van der Waals surface area contributed by atoms with E-state index in [2.05, 4.69) is 12.2 Å². The highest BCUT2D eigenvalue weighted by Crippen LogP contribution is 2.33. The van der Waals surface area contributed by atoms with Gasteiger partial charge in [0, 0.05) is 11.4 Å². The lowest BCUT2D eigenvalue weighted by Gasteiger charge is -2.39. The van der Waals surface area contributed by atoms with Crippen molar-refractivity contribution in [3.63, 3.8) is 0 Å². The van der Waals surface area contributed by atoms with E-state index in [-0.39, 0.29) is 11.4 Å². The van der Waals surface area contributed by atoms with Crippen LogP contribution in [0.1, 0.15) is 43.0 Å². The first-order chi connectivity index (χ1) is 9.46. The van der Waals surface area contributed by atoms with Crippen molar-refractivity contribution in [2.24, 2.45) is 5.92 Å². The summed E-state index contributed by atoms with van der Waals surface area (Å²) in [6.45, 7) is 2.20. The Balaban J connectivity index is 2.14. The fourth-order valence-electron chi connectivity index (χ4n) is 2.88. The van der Waals surface area contributed by atoms with Crippen molar-refractivity contribution in [1.29, 1.82) is 0 Å². The molecule has 2 nitrogen and oxygen atoms in total. The van der Waals surface area contributed by atoms with Gasteiger partial charge in [0.1, 0.15) is 0 Å². The van der Waals surface area contributed by atoms with E-state index in [0.29, 0.717) is 27.4 Å². The Labute approximate surface area is 134 Å². The largest absolute Gasteiger partial charge is 0.345 e. The van der Waals surface area contributed by atoms with Gasteiger partial charge in [-0.2, -0.15) is 0 Å². The number of alkyl halides is 1. The van der Waals surface area contributed by atoms with Gasteiger partial charge < -0.3 is 5.32 Å². The molecule has 0 bridgehead atoms. The Morgan fingerprint density at radius 1 is 1.40 bits per heavy atom. The van der Waals surface area contributed by atoms with Crippen LogP contribution in [0, 0.1) is 5.92 Å². The van der Waals surface area contributed by atoms with E-state index in [0.717, 1.165) is 19.3 Å². The van der Waals surface area contributed by atoms with Crippen molar-refractivity contribution < 1.29 is 4.79 Å². The summed E-state index contributed by atoms with van der Waals surface area (Å²) >= 11 is 17.9. The predicted octanol–water partition coefficient (Wildman–Crippen LogP) is 4.91. The Morgan fingerprint density at radius 2 is 2.15 bits per heavy atom. The van der Waals surface area contributed by atoms with Gasteiger partial charge in [-0.15, -0.1) is 11.6 Å². The van der Waals surface area contributed by atoms with Crippen LogP contribution in [0.5, 0.6) is 0 Å². The molecule has 1 saturated carbocycles. The zero-order chi connectivity index (χ0) is 14.8. The fraction of sp³-hybridized carbons (Fsp3) is 0.533. The van der Waals surface area contributed by atoms with Crippen LogP contribution in [0.25, 0.3) is 0 Å². The minimum absolute atomic E-state index is 0.140. The quantitative estimate of drug-likeness (QED) is 0.782. The summed E-state index contributed by atoms with van der Waals surface area (Å²) in [5.74, 6) is 0.875. The SMILES string of the molecule is CC1CCCC(CCl)(NC(=O)c2ccc(Cl)c(Cl)c2)C1.